The lowest BCUT2D eigenvalue weighted by Gasteiger charge is -2.25. The molecule has 0 heterocycles. The van der Waals surface area contributed by atoms with E-state index in [1.165, 1.54) is 0 Å². The van der Waals surface area contributed by atoms with Crippen LogP contribution in [0.2, 0.25) is 5.02 Å². The van der Waals surface area contributed by atoms with Gasteiger partial charge in [0, 0.05) is 29.6 Å². The lowest BCUT2D eigenvalue weighted by atomic mass is 9.81. The summed E-state index contributed by atoms with van der Waals surface area (Å²) in [5.41, 5.74) is 0.689. The Balaban J connectivity index is 1.60. The first-order chi connectivity index (χ1) is 12.0. The average molecular weight is 367 g/mol. The van der Waals surface area contributed by atoms with Crippen molar-refractivity contribution in [3.05, 3.63) is 29.3 Å². The molecular weight excluding hydrogens is 344 g/mol. The number of hydrogen-bond acceptors (Lipinski definition) is 3. The van der Waals surface area contributed by atoms with E-state index >= 15 is 0 Å². The van der Waals surface area contributed by atoms with Gasteiger partial charge in [0.25, 0.3) is 0 Å². The van der Waals surface area contributed by atoms with Crippen molar-refractivity contribution in [1.82, 2.24) is 5.32 Å². The van der Waals surface area contributed by atoms with Gasteiger partial charge in [0.05, 0.1) is 5.92 Å². The van der Waals surface area contributed by atoms with Crippen LogP contribution >= 0.6 is 11.6 Å². The van der Waals surface area contributed by atoms with Gasteiger partial charge >= 0.3 is 5.97 Å². The Morgan fingerprint density at radius 3 is 2.24 bits per heavy atom. The minimum Gasteiger partial charge on any atom is -0.481 e. The van der Waals surface area contributed by atoms with Crippen LogP contribution < -0.4 is 10.6 Å². The van der Waals surface area contributed by atoms with Gasteiger partial charge in [0.2, 0.25) is 11.8 Å². The van der Waals surface area contributed by atoms with E-state index < -0.39 is 5.97 Å². The molecule has 0 aromatic heterocycles. The first-order valence-corrected chi connectivity index (χ1v) is 8.89. The van der Waals surface area contributed by atoms with Gasteiger partial charge in [-0.15, -0.1) is 0 Å². The summed E-state index contributed by atoms with van der Waals surface area (Å²) in [6.45, 7) is 0.436. The maximum absolute atomic E-state index is 12.1. The minimum absolute atomic E-state index is 0.0399. The van der Waals surface area contributed by atoms with Gasteiger partial charge in [-0.3, -0.25) is 14.4 Å². The Hall–Kier alpha value is -2.08. The predicted molar refractivity (Wildman–Crippen MR) is 95.4 cm³/mol. The highest BCUT2D eigenvalue weighted by Crippen LogP contribution is 2.28. The molecule has 7 heteroatoms. The van der Waals surface area contributed by atoms with Crippen LogP contribution in [0.5, 0.6) is 0 Å². The first kappa shape index (κ1) is 19.2. The lowest BCUT2D eigenvalue weighted by Crippen LogP contribution is -2.35. The zero-order valence-electron chi connectivity index (χ0n) is 14.0. The van der Waals surface area contributed by atoms with Gasteiger partial charge in [0.15, 0.2) is 0 Å². The SMILES string of the molecule is O=C(CCCNC(=O)C1CCC(C(=O)O)CC1)Nc1ccc(Cl)cc1. The molecule has 25 heavy (non-hydrogen) atoms. The summed E-state index contributed by atoms with van der Waals surface area (Å²) in [7, 11) is 0. The Kier molecular flexibility index (Phi) is 7.25. The van der Waals surface area contributed by atoms with Crippen molar-refractivity contribution in [2.45, 2.75) is 38.5 Å². The molecule has 1 saturated carbocycles. The van der Waals surface area contributed by atoms with Crippen molar-refractivity contribution in [3.8, 4) is 0 Å². The van der Waals surface area contributed by atoms with Crippen LogP contribution in [0.3, 0.4) is 0 Å². The van der Waals surface area contributed by atoms with Gasteiger partial charge in [0.1, 0.15) is 0 Å². The van der Waals surface area contributed by atoms with Crippen molar-refractivity contribution < 1.29 is 19.5 Å². The molecule has 2 amide bonds. The predicted octanol–water partition coefficient (Wildman–Crippen LogP) is 3.07. The van der Waals surface area contributed by atoms with E-state index in [1.54, 1.807) is 24.3 Å². The van der Waals surface area contributed by atoms with Gasteiger partial charge in [-0.05, 0) is 56.4 Å². The van der Waals surface area contributed by atoms with Gasteiger partial charge in [-0.1, -0.05) is 11.6 Å². The number of anilines is 1. The number of aliphatic carboxylic acids is 1. The minimum atomic E-state index is -0.773. The summed E-state index contributed by atoms with van der Waals surface area (Å²) in [4.78, 5) is 34.8. The molecule has 0 unspecified atom stereocenters. The van der Waals surface area contributed by atoms with Crippen LogP contribution in [-0.4, -0.2) is 29.4 Å². The van der Waals surface area contributed by atoms with Crippen LogP contribution in [0.15, 0.2) is 24.3 Å². The fraction of sp³-hybridized carbons (Fsp3) is 0.500. The highest BCUT2D eigenvalue weighted by atomic mass is 35.5. The molecule has 2 rings (SSSR count). The third-order valence-corrected chi connectivity index (χ3v) is 4.71. The maximum Gasteiger partial charge on any atom is 0.306 e. The Bertz CT molecular complexity index is 610. The zero-order valence-corrected chi connectivity index (χ0v) is 14.7. The number of benzene rings is 1. The fourth-order valence-electron chi connectivity index (χ4n) is 2.96. The smallest absolute Gasteiger partial charge is 0.306 e. The van der Waals surface area contributed by atoms with E-state index in [0.29, 0.717) is 55.8 Å². The highest BCUT2D eigenvalue weighted by Gasteiger charge is 2.29. The third kappa shape index (κ3) is 6.38. The number of rotatable bonds is 7. The average Bonchev–Trinajstić information content (AvgIpc) is 2.60. The standard InChI is InChI=1S/C18H23ClN2O4/c19-14-7-9-15(10-8-14)21-16(22)2-1-11-20-17(23)12-3-5-13(6-4-12)18(24)25/h7-10,12-13H,1-6,11H2,(H,20,23)(H,21,22)(H,24,25). The first-order valence-electron chi connectivity index (χ1n) is 8.51. The number of carbonyl (C=O) groups excluding carboxylic acids is 2. The van der Waals surface area contributed by atoms with Gasteiger partial charge in [-0.25, -0.2) is 0 Å². The summed E-state index contributed by atoms with van der Waals surface area (Å²) >= 11 is 5.79. The molecule has 1 aliphatic carbocycles. The van der Waals surface area contributed by atoms with Gasteiger partial charge < -0.3 is 15.7 Å². The second kappa shape index (κ2) is 9.42. The molecular formula is C18H23ClN2O4. The van der Waals surface area contributed by atoms with E-state index in [9.17, 15) is 14.4 Å². The highest BCUT2D eigenvalue weighted by molar-refractivity contribution is 6.30. The fourth-order valence-corrected chi connectivity index (χ4v) is 3.09. The van der Waals surface area contributed by atoms with Crippen LogP contribution in [0, 0.1) is 11.8 Å². The summed E-state index contributed by atoms with van der Waals surface area (Å²) in [5.74, 6) is -1.36. The van der Waals surface area contributed by atoms with E-state index in [0.717, 1.165) is 0 Å². The van der Waals surface area contributed by atoms with E-state index in [2.05, 4.69) is 10.6 Å². The summed E-state index contributed by atoms with van der Waals surface area (Å²) in [6.07, 6.45) is 3.19. The molecule has 0 spiro atoms. The quantitative estimate of drug-likeness (QED) is 0.646. The summed E-state index contributed by atoms with van der Waals surface area (Å²) in [6, 6.07) is 6.87. The molecule has 1 aliphatic rings. The van der Waals surface area contributed by atoms with E-state index in [-0.39, 0.29) is 23.7 Å². The number of nitrogens with one attached hydrogen (secondary N) is 2. The summed E-state index contributed by atoms with van der Waals surface area (Å²) < 4.78 is 0. The third-order valence-electron chi connectivity index (χ3n) is 4.46. The van der Waals surface area contributed by atoms with Crippen LogP contribution in [0.1, 0.15) is 38.5 Å². The van der Waals surface area contributed by atoms with Crippen molar-refractivity contribution in [3.63, 3.8) is 0 Å². The van der Waals surface area contributed by atoms with Crippen LogP contribution in [-0.2, 0) is 14.4 Å². The number of halogens is 1. The summed E-state index contributed by atoms with van der Waals surface area (Å²) in [5, 5.41) is 15.2. The van der Waals surface area contributed by atoms with Crippen molar-refractivity contribution >= 4 is 35.1 Å². The topological polar surface area (TPSA) is 95.5 Å². The number of hydrogen-bond donors (Lipinski definition) is 3. The number of amides is 2. The number of carboxylic acid groups (broad SMARTS) is 1. The number of carbonyl (C=O) groups is 3. The van der Waals surface area contributed by atoms with Crippen LogP contribution in [0.4, 0.5) is 5.69 Å². The molecule has 3 N–H and O–H groups in total. The molecule has 6 nitrogen and oxygen atoms in total. The molecule has 0 atom stereocenters. The van der Waals surface area contributed by atoms with Gasteiger partial charge in [-0.2, -0.15) is 0 Å². The Morgan fingerprint density at radius 2 is 1.64 bits per heavy atom. The molecule has 1 fully saturated rings. The van der Waals surface area contributed by atoms with Crippen molar-refractivity contribution in [1.29, 1.82) is 0 Å². The van der Waals surface area contributed by atoms with Crippen LogP contribution in [0.25, 0.3) is 0 Å². The number of carboxylic acids is 1. The second-order valence-electron chi connectivity index (χ2n) is 6.34. The molecule has 1 aromatic carbocycles. The zero-order chi connectivity index (χ0) is 18.2. The Morgan fingerprint density at radius 1 is 1.04 bits per heavy atom. The normalized spacial score (nSPS) is 19.9. The molecule has 136 valence electrons. The van der Waals surface area contributed by atoms with Crippen molar-refractivity contribution in [2.24, 2.45) is 11.8 Å². The Labute approximate surface area is 151 Å². The second-order valence-corrected chi connectivity index (χ2v) is 6.77. The largest absolute Gasteiger partial charge is 0.481 e. The van der Waals surface area contributed by atoms with Crippen molar-refractivity contribution in [2.75, 3.05) is 11.9 Å². The molecule has 0 radical (unpaired) electrons. The monoisotopic (exact) mass is 366 g/mol. The lowest BCUT2D eigenvalue weighted by molar-refractivity contribution is -0.144. The molecule has 0 saturated heterocycles. The molecule has 0 aliphatic heterocycles. The molecule has 1 aromatic rings. The molecule has 0 bridgehead atoms. The van der Waals surface area contributed by atoms with E-state index in [4.69, 9.17) is 16.7 Å². The maximum atomic E-state index is 12.1. The van der Waals surface area contributed by atoms with E-state index in [1.807, 2.05) is 0 Å².